The Labute approximate surface area is 204 Å². The first kappa shape index (κ1) is 18.3. The highest BCUT2D eigenvalue weighted by Gasteiger charge is 2.34. The number of aromatic nitrogens is 2. The van der Waals surface area contributed by atoms with Crippen molar-refractivity contribution in [2.75, 3.05) is 0 Å². The van der Waals surface area contributed by atoms with Gasteiger partial charge in [0.2, 0.25) is 0 Å². The number of hydrogen-bond acceptors (Lipinski definition) is 3. The van der Waals surface area contributed by atoms with Crippen LogP contribution in [0.3, 0.4) is 0 Å². The fraction of sp³-hybridized carbons (Fsp3) is 0.0645. The van der Waals surface area contributed by atoms with Crippen molar-refractivity contribution in [1.82, 2.24) is 9.38 Å². The number of nitrogens with zero attached hydrogens (tertiary/aromatic N) is 2. The zero-order valence-corrected chi connectivity index (χ0v) is 19.4. The number of benzene rings is 4. The molecule has 2 aliphatic rings. The van der Waals surface area contributed by atoms with E-state index in [1.54, 1.807) is 0 Å². The topological polar surface area (TPSA) is 30.4 Å². The lowest BCUT2D eigenvalue weighted by Crippen LogP contribution is -2.07. The summed E-state index contributed by atoms with van der Waals surface area (Å²) in [6.45, 7) is 0. The van der Waals surface area contributed by atoms with Gasteiger partial charge in [-0.3, -0.25) is 4.40 Å². The Morgan fingerprint density at radius 2 is 1.60 bits per heavy atom. The van der Waals surface area contributed by atoms with Crippen LogP contribution in [0.4, 0.5) is 0 Å². The van der Waals surface area contributed by atoms with E-state index in [9.17, 15) is 0 Å². The Morgan fingerprint density at radius 1 is 0.743 bits per heavy atom. The van der Waals surface area contributed by atoms with E-state index >= 15 is 0 Å². The summed E-state index contributed by atoms with van der Waals surface area (Å²) < 4.78 is 8.97. The molecule has 0 radical (unpaired) electrons. The third kappa shape index (κ3) is 2.21. The number of rotatable bonds is 0. The standard InChI is InChI=1S/C31H18N2OS/c1-5-11-24-17(7-1)18-13-14-20-28(30(18)34-24)29-23(33-22-10-4-3-9-21(22)32-31(20)33)15-16-26-27(29)19-8-2-6-12-25(19)35-26/h1-16,19,25H. The van der Waals surface area contributed by atoms with Crippen LogP contribution in [-0.4, -0.2) is 14.6 Å². The van der Waals surface area contributed by atoms with Gasteiger partial charge in [0.25, 0.3) is 0 Å². The molecule has 9 rings (SSSR count). The van der Waals surface area contributed by atoms with Crippen molar-refractivity contribution in [3.05, 3.63) is 103 Å². The van der Waals surface area contributed by atoms with Crippen molar-refractivity contribution in [2.24, 2.45) is 0 Å². The average molecular weight is 467 g/mol. The first-order valence-electron chi connectivity index (χ1n) is 12.0. The number of hydrogen-bond donors (Lipinski definition) is 0. The van der Waals surface area contributed by atoms with E-state index in [1.807, 2.05) is 17.8 Å². The predicted molar refractivity (Wildman–Crippen MR) is 146 cm³/mol. The summed E-state index contributed by atoms with van der Waals surface area (Å²) >= 11 is 1.97. The third-order valence-electron chi connectivity index (χ3n) is 7.70. The summed E-state index contributed by atoms with van der Waals surface area (Å²) in [5.74, 6) is 0.346. The molecule has 7 aromatic rings. The van der Waals surface area contributed by atoms with Crippen molar-refractivity contribution in [3.8, 4) is 0 Å². The van der Waals surface area contributed by atoms with E-state index in [2.05, 4.69) is 95.4 Å². The number of thioether (sulfide) groups is 1. The second kappa shape index (κ2) is 6.35. The summed E-state index contributed by atoms with van der Waals surface area (Å²) in [4.78, 5) is 6.48. The largest absolute Gasteiger partial charge is 0.455 e. The third-order valence-corrected chi connectivity index (χ3v) is 9.04. The van der Waals surface area contributed by atoms with Gasteiger partial charge in [-0.05, 0) is 48.0 Å². The Morgan fingerprint density at radius 3 is 2.60 bits per heavy atom. The summed E-state index contributed by atoms with van der Waals surface area (Å²) in [5.41, 5.74) is 7.63. The molecule has 4 aromatic carbocycles. The number of para-hydroxylation sites is 3. The van der Waals surface area contributed by atoms with Gasteiger partial charge in [0.1, 0.15) is 16.8 Å². The number of imidazole rings is 1. The highest BCUT2D eigenvalue weighted by atomic mass is 32.2. The van der Waals surface area contributed by atoms with Gasteiger partial charge in [0.15, 0.2) is 0 Å². The zero-order chi connectivity index (χ0) is 22.7. The van der Waals surface area contributed by atoms with Gasteiger partial charge in [0, 0.05) is 43.0 Å². The van der Waals surface area contributed by atoms with Crippen LogP contribution in [0.15, 0.2) is 106 Å². The fourth-order valence-electron chi connectivity index (χ4n) is 6.25. The first-order chi connectivity index (χ1) is 17.4. The molecule has 0 saturated heterocycles. The van der Waals surface area contributed by atoms with E-state index in [0.717, 1.165) is 44.0 Å². The highest BCUT2D eigenvalue weighted by molar-refractivity contribution is 8.00. The molecule has 2 unspecified atom stereocenters. The van der Waals surface area contributed by atoms with E-state index in [1.165, 1.54) is 26.7 Å². The molecule has 3 nitrogen and oxygen atoms in total. The minimum absolute atomic E-state index is 0.346. The van der Waals surface area contributed by atoms with Crippen LogP contribution in [0.1, 0.15) is 11.5 Å². The molecule has 35 heavy (non-hydrogen) atoms. The van der Waals surface area contributed by atoms with E-state index in [0.29, 0.717) is 11.2 Å². The lowest BCUT2D eigenvalue weighted by Gasteiger charge is -2.18. The average Bonchev–Trinajstić information content (AvgIpc) is 3.59. The minimum Gasteiger partial charge on any atom is -0.455 e. The second-order valence-corrected chi connectivity index (χ2v) is 10.7. The Balaban J connectivity index is 1.61. The molecular weight excluding hydrogens is 448 g/mol. The molecule has 0 spiro atoms. The fourth-order valence-corrected chi connectivity index (χ4v) is 7.60. The van der Waals surface area contributed by atoms with Crippen molar-refractivity contribution >= 4 is 72.1 Å². The Kier molecular flexibility index (Phi) is 3.32. The molecule has 4 heteroatoms. The van der Waals surface area contributed by atoms with Crippen molar-refractivity contribution < 1.29 is 4.42 Å². The molecule has 3 aromatic heterocycles. The molecule has 1 aliphatic heterocycles. The van der Waals surface area contributed by atoms with E-state index in [-0.39, 0.29) is 0 Å². The van der Waals surface area contributed by atoms with Gasteiger partial charge in [-0.25, -0.2) is 4.98 Å². The maximum absolute atomic E-state index is 6.62. The number of allylic oxidation sites excluding steroid dienone is 3. The van der Waals surface area contributed by atoms with Crippen LogP contribution in [0.25, 0.3) is 60.3 Å². The summed E-state index contributed by atoms with van der Waals surface area (Å²) in [6, 6.07) is 25.8. The van der Waals surface area contributed by atoms with E-state index in [4.69, 9.17) is 9.40 Å². The minimum atomic E-state index is 0.346. The first-order valence-corrected chi connectivity index (χ1v) is 12.9. The maximum atomic E-state index is 6.62. The normalized spacial score (nSPS) is 19.1. The van der Waals surface area contributed by atoms with Crippen LogP contribution < -0.4 is 0 Å². The SMILES string of the molecule is C1=CC2Sc3ccc4c(c3C2C=C1)c1c(ccc2c3ccccc3oc21)c1nc2ccccc2n41. The molecule has 4 heterocycles. The van der Waals surface area contributed by atoms with Gasteiger partial charge >= 0.3 is 0 Å². The molecule has 0 amide bonds. The van der Waals surface area contributed by atoms with Crippen LogP contribution in [0.2, 0.25) is 0 Å². The van der Waals surface area contributed by atoms with Gasteiger partial charge < -0.3 is 4.42 Å². The summed E-state index contributed by atoms with van der Waals surface area (Å²) in [7, 11) is 0. The lowest BCUT2D eigenvalue weighted by molar-refractivity contribution is 0.673. The summed E-state index contributed by atoms with van der Waals surface area (Å²) in [5, 5.41) is 6.36. The van der Waals surface area contributed by atoms with Gasteiger partial charge in [-0.2, -0.15) is 0 Å². The molecule has 2 atom stereocenters. The van der Waals surface area contributed by atoms with Crippen molar-refractivity contribution in [1.29, 1.82) is 0 Å². The highest BCUT2D eigenvalue weighted by Crippen LogP contribution is 2.53. The molecule has 1 aliphatic carbocycles. The maximum Gasteiger partial charge on any atom is 0.146 e. The Bertz CT molecular complexity index is 2110. The Hall–Kier alpha value is -4.02. The van der Waals surface area contributed by atoms with Gasteiger partial charge in [0.05, 0.1) is 16.6 Å². The van der Waals surface area contributed by atoms with Crippen LogP contribution in [-0.2, 0) is 0 Å². The monoisotopic (exact) mass is 466 g/mol. The smallest absolute Gasteiger partial charge is 0.146 e. The lowest BCUT2D eigenvalue weighted by atomic mass is 9.87. The zero-order valence-electron chi connectivity index (χ0n) is 18.6. The second-order valence-electron chi connectivity index (χ2n) is 9.47. The molecule has 0 saturated carbocycles. The van der Waals surface area contributed by atoms with Crippen molar-refractivity contribution in [2.45, 2.75) is 16.1 Å². The summed E-state index contributed by atoms with van der Waals surface area (Å²) in [6.07, 6.45) is 9.08. The van der Waals surface area contributed by atoms with Crippen molar-refractivity contribution in [3.63, 3.8) is 0 Å². The molecule has 164 valence electrons. The van der Waals surface area contributed by atoms with E-state index < -0.39 is 0 Å². The van der Waals surface area contributed by atoms with Crippen LogP contribution in [0.5, 0.6) is 0 Å². The van der Waals surface area contributed by atoms with Gasteiger partial charge in [-0.15, -0.1) is 11.8 Å². The van der Waals surface area contributed by atoms with Crippen LogP contribution in [0, 0.1) is 0 Å². The quantitative estimate of drug-likeness (QED) is 0.210. The predicted octanol–water partition coefficient (Wildman–Crippen LogP) is 8.38. The number of pyridine rings is 1. The number of fused-ring (bicyclic) bond motifs is 16. The molecular formula is C31H18N2OS. The van der Waals surface area contributed by atoms with Crippen LogP contribution >= 0.6 is 11.8 Å². The van der Waals surface area contributed by atoms with Gasteiger partial charge in [-0.1, -0.05) is 54.6 Å². The molecule has 0 N–H and O–H groups in total. The molecule has 0 fully saturated rings. The number of furan rings is 1. The molecule has 0 bridgehead atoms.